The second-order valence-corrected chi connectivity index (χ2v) is 7.21. The van der Waals surface area contributed by atoms with Gasteiger partial charge in [-0.3, -0.25) is 4.68 Å². The van der Waals surface area contributed by atoms with Crippen molar-refractivity contribution in [3.8, 4) is 0 Å². The van der Waals surface area contributed by atoms with Gasteiger partial charge in [0.25, 0.3) is 0 Å². The highest BCUT2D eigenvalue weighted by Gasteiger charge is 2.35. The van der Waals surface area contributed by atoms with Crippen molar-refractivity contribution < 1.29 is 8.42 Å². The fraction of sp³-hybridized carbons (Fsp3) is 0.769. The van der Waals surface area contributed by atoms with E-state index in [1.807, 2.05) is 13.8 Å². The second-order valence-electron chi connectivity index (χ2n) is 5.39. The Bertz CT molecular complexity index is 573. The molecule has 0 amide bonds. The molecule has 1 aliphatic rings. The van der Waals surface area contributed by atoms with Gasteiger partial charge in [0.15, 0.2) is 0 Å². The van der Waals surface area contributed by atoms with E-state index in [1.54, 1.807) is 23.0 Å². The van der Waals surface area contributed by atoms with Gasteiger partial charge in [-0.25, -0.2) is 8.42 Å². The van der Waals surface area contributed by atoms with E-state index in [0.717, 1.165) is 25.9 Å². The summed E-state index contributed by atoms with van der Waals surface area (Å²) in [7, 11) is -1.70. The molecule has 20 heavy (non-hydrogen) atoms. The molecule has 0 bridgehead atoms. The average molecular weight is 300 g/mol. The third-order valence-corrected chi connectivity index (χ3v) is 6.10. The minimum absolute atomic E-state index is 0.0546. The predicted octanol–water partition coefficient (Wildman–Crippen LogP) is 0.800. The molecule has 1 N–H and O–H groups in total. The van der Waals surface area contributed by atoms with Gasteiger partial charge < -0.3 is 5.32 Å². The van der Waals surface area contributed by atoms with Gasteiger partial charge in [-0.15, -0.1) is 0 Å². The van der Waals surface area contributed by atoms with Crippen molar-refractivity contribution in [3.05, 3.63) is 11.4 Å². The minimum atomic E-state index is -3.48. The van der Waals surface area contributed by atoms with Gasteiger partial charge in [0.05, 0.1) is 11.4 Å². The van der Waals surface area contributed by atoms with Crippen LogP contribution in [0.1, 0.15) is 31.2 Å². The van der Waals surface area contributed by atoms with E-state index in [-0.39, 0.29) is 6.04 Å². The molecule has 6 nitrogen and oxygen atoms in total. The Kier molecular flexibility index (Phi) is 4.51. The third-order valence-electron chi connectivity index (χ3n) is 3.89. The lowest BCUT2D eigenvalue weighted by Crippen LogP contribution is -2.42. The first-order chi connectivity index (χ1) is 9.39. The summed E-state index contributed by atoms with van der Waals surface area (Å²) in [5.74, 6) is 0. The van der Waals surface area contributed by atoms with Crippen LogP contribution in [0.4, 0.5) is 0 Å². The molecule has 0 spiro atoms. The van der Waals surface area contributed by atoms with Gasteiger partial charge in [-0.05, 0) is 33.2 Å². The van der Waals surface area contributed by atoms with Crippen molar-refractivity contribution in [1.29, 1.82) is 0 Å². The van der Waals surface area contributed by atoms with Crippen molar-refractivity contribution in [2.75, 3.05) is 19.6 Å². The van der Waals surface area contributed by atoms with Crippen molar-refractivity contribution in [1.82, 2.24) is 19.4 Å². The van der Waals surface area contributed by atoms with Crippen molar-refractivity contribution in [2.45, 2.75) is 44.6 Å². The molecule has 1 unspecified atom stereocenters. The number of hydrogen-bond acceptors (Lipinski definition) is 4. The molecule has 0 aromatic carbocycles. The zero-order valence-electron chi connectivity index (χ0n) is 12.7. The van der Waals surface area contributed by atoms with Crippen LogP contribution >= 0.6 is 0 Å². The monoisotopic (exact) mass is 300 g/mol. The van der Waals surface area contributed by atoms with E-state index < -0.39 is 10.0 Å². The number of hydrogen-bond donors (Lipinski definition) is 1. The molecule has 7 heteroatoms. The molecule has 0 radical (unpaired) electrons. The molecule has 2 heterocycles. The fourth-order valence-electron chi connectivity index (χ4n) is 2.85. The van der Waals surface area contributed by atoms with Crippen LogP contribution in [0.3, 0.4) is 0 Å². The van der Waals surface area contributed by atoms with E-state index in [0.29, 0.717) is 22.8 Å². The number of aryl methyl sites for hydroxylation is 2. The van der Waals surface area contributed by atoms with Gasteiger partial charge in [-0.1, -0.05) is 6.92 Å². The zero-order valence-corrected chi connectivity index (χ0v) is 13.5. The molecule has 1 fully saturated rings. The largest absolute Gasteiger partial charge is 0.315 e. The van der Waals surface area contributed by atoms with Crippen molar-refractivity contribution >= 4 is 10.0 Å². The molecule has 1 saturated heterocycles. The highest BCUT2D eigenvalue weighted by molar-refractivity contribution is 7.89. The van der Waals surface area contributed by atoms with Crippen LogP contribution < -0.4 is 5.32 Å². The molecule has 1 aliphatic heterocycles. The first kappa shape index (κ1) is 15.5. The first-order valence-electron chi connectivity index (χ1n) is 7.12. The molecule has 1 atom stereocenters. The minimum Gasteiger partial charge on any atom is -0.315 e. The van der Waals surface area contributed by atoms with E-state index in [2.05, 4.69) is 10.4 Å². The second kappa shape index (κ2) is 5.83. The summed E-state index contributed by atoms with van der Waals surface area (Å²) in [5, 5.41) is 7.48. The van der Waals surface area contributed by atoms with Crippen molar-refractivity contribution in [3.63, 3.8) is 0 Å². The number of nitrogens with zero attached hydrogens (tertiary/aromatic N) is 3. The molecule has 1 aromatic heterocycles. The molecule has 114 valence electrons. The van der Waals surface area contributed by atoms with Crippen LogP contribution in [0.25, 0.3) is 0 Å². The smallest absolute Gasteiger partial charge is 0.247 e. The Morgan fingerprint density at radius 1 is 1.45 bits per heavy atom. The quantitative estimate of drug-likeness (QED) is 0.873. The number of nitrogens with one attached hydrogen (secondary N) is 1. The summed E-state index contributed by atoms with van der Waals surface area (Å²) in [6, 6.07) is 0.0546. The van der Waals surface area contributed by atoms with Gasteiger partial charge in [-0.2, -0.15) is 9.40 Å². The summed E-state index contributed by atoms with van der Waals surface area (Å²) < 4.78 is 29.3. The van der Waals surface area contributed by atoms with Crippen LogP contribution in [0.15, 0.2) is 4.90 Å². The Balaban J connectivity index is 2.44. The van der Waals surface area contributed by atoms with Gasteiger partial charge in [0, 0.05) is 26.2 Å². The maximum atomic E-state index is 13.0. The Labute approximate surface area is 121 Å². The molecule has 1 aromatic rings. The zero-order chi connectivity index (χ0) is 14.9. The standard InChI is InChI=1S/C13H24N4O2S/c1-5-8-17(12-6-7-14-9-12)20(18,19)13-10(2)15-16(4)11(13)3/h12,14H,5-9H2,1-4H3. The van der Waals surface area contributed by atoms with Gasteiger partial charge in [0.2, 0.25) is 10.0 Å². The van der Waals surface area contributed by atoms with E-state index in [4.69, 9.17) is 0 Å². The maximum Gasteiger partial charge on any atom is 0.247 e. The third kappa shape index (κ3) is 2.62. The van der Waals surface area contributed by atoms with Crippen LogP contribution in [0.2, 0.25) is 0 Å². The van der Waals surface area contributed by atoms with E-state index >= 15 is 0 Å². The Hall–Kier alpha value is -0.920. The van der Waals surface area contributed by atoms with Crippen molar-refractivity contribution in [2.24, 2.45) is 7.05 Å². The molecule has 0 aliphatic carbocycles. The Morgan fingerprint density at radius 3 is 2.60 bits per heavy atom. The molecule has 2 rings (SSSR count). The summed E-state index contributed by atoms with van der Waals surface area (Å²) in [4.78, 5) is 0.375. The summed E-state index contributed by atoms with van der Waals surface area (Å²) in [6.45, 7) is 7.75. The summed E-state index contributed by atoms with van der Waals surface area (Å²) in [5.41, 5.74) is 1.28. The number of rotatable bonds is 5. The first-order valence-corrected chi connectivity index (χ1v) is 8.56. The normalized spacial score (nSPS) is 19.9. The summed E-state index contributed by atoms with van der Waals surface area (Å²) >= 11 is 0. The maximum absolute atomic E-state index is 13.0. The predicted molar refractivity (Wildman–Crippen MR) is 78.1 cm³/mol. The highest BCUT2D eigenvalue weighted by Crippen LogP contribution is 2.26. The molecular formula is C13H24N4O2S. The average Bonchev–Trinajstić information content (AvgIpc) is 2.96. The SMILES string of the molecule is CCCN(C1CCNC1)S(=O)(=O)c1c(C)nn(C)c1C. The lowest BCUT2D eigenvalue weighted by molar-refractivity contribution is 0.334. The summed E-state index contributed by atoms with van der Waals surface area (Å²) in [6.07, 6.45) is 1.69. The van der Waals surface area contributed by atoms with Crippen LogP contribution in [-0.2, 0) is 17.1 Å². The van der Waals surface area contributed by atoms with Crippen LogP contribution in [0.5, 0.6) is 0 Å². The van der Waals surface area contributed by atoms with Gasteiger partial charge >= 0.3 is 0 Å². The number of sulfonamides is 1. The molecular weight excluding hydrogens is 276 g/mol. The van der Waals surface area contributed by atoms with E-state index in [9.17, 15) is 8.42 Å². The Morgan fingerprint density at radius 2 is 2.15 bits per heavy atom. The lowest BCUT2D eigenvalue weighted by atomic mass is 10.2. The van der Waals surface area contributed by atoms with E-state index in [1.165, 1.54) is 0 Å². The van der Waals surface area contributed by atoms with Crippen LogP contribution in [-0.4, -0.2) is 48.2 Å². The topological polar surface area (TPSA) is 67.2 Å². The van der Waals surface area contributed by atoms with Gasteiger partial charge in [0.1, 0.15) is 4.90 Å². The fourth-order valence-corrected chi connectivity index (χ4v) is 5.00. The number of aromatic nitrogens is 2. The van der Waals surface area contributed by atoms with Crippen LogP contribution in [0, 0.1) is 13.8 Å². The lowest BCUT2D eigenvalue weighted by Gasteiger charge is -2.27. The molecule has 0 saturated carbocycles. The highest BCUT2D eigenvalue weighted by atomic mass is 32.2.